The molecule has 2 aromatic heterocycles. The van der Waals surface area contributed by atoms with Gasteiger partial charge < -0.3 is 14.6 Å². The second-order valence-electron chi connectivity index (χ2n) is 4.62. The average Bonchev–Trinajstić information content (AvgIpc) is 2.85. The molecule has 0 aliphatic heterocycles. The summed E-state index contributed by atoms with van der Waals surface area (Å²) in [6.07, 6.45) is 1.75. The van der Waals surface area contributed by atoms with Gasteiger partial charge in [0.2, 0.25) is 5.13 Å². The molecule has 2 heterocycles. The first kappa shape index (κ1) is 14.7. The number of rotatable bonds is 6. The van der Waals surface area contributed by atoms with Crippen molar-refractivity contribution in [2.75, 3.05) is 19.0 Å². The summed E-state index contributed by atoms with van der Waals surface area (Å²) >= 11 is 1.38. The van der Waals surface area contributed by atoms with E-state index in [2.05, 4.69) is 15.5 Å². The van der Waals surface area contributed by atoms with Crippen LogP contribution in [0.2, 0.25) is 0 Å². The summed E-state index contributed by atoms with van der Waals surface area (Å²) < 4.78 is 6.62. The maximum absolute atomic E-state index is 12.3. The van der Waals surface area contributed by atoms with Gasteiger partial charge in [0.1, 0.15) is 0 Å². The predicted molar refractivity (Wildman–Crippen MR) is 80.2 cm³/mol. The van der Waals surface area contributed by atoms with Gasteiger partial charge in [-0.3, -0.25) is 4.79 Å². The number of nitrogens with one attached hydrogen (secondary N) is 1. The van der Waals surface area contributed by atoms with E-state index in [1.165, 1.54) is 11.3 Å². The van der Waals surface area contributed by atoms with E-state index in [1.54, 1.807) is 23.9 Å². The van der Waals surface area contributed by atoms with Crippen molar-refractivity contribution < 1.29 is 4.74 Å². The molecule has 0 fully saturated rings. The Hall–Kier alpha value is -1.73. The lowest BCUT2D eigenvalue weighted by Crippen LogP contribution is -2.22. The van der Waals surface area contributed by atoms with Gasteiger partial charge in [-0.1, -0.05) is 11.3 Å². The van der Waals surface area contributed by atoms with Crippen molar-refractivity contribution in [2.24, 2.45) is 0 Å². The molecule has 0 aliphatic carbocycles. The van der Waals surface area contributed by atoms with Crippen LogP contribution in [0.25, 0.3) is 10.6 Å². The quantitative estimate of drug-likeness (QED) is 0.880. The fourth-order valence-electron chi connectivity index (χ4n) is 1.70. The van der Waals surface area contributed by atoms with Crippen LogP contribution in [0.15, 0.2) is 23.1 Å². The van der Waals surface area contributed by atoms with Crippen LogP contribution in [0.3, 0.4) is 0 Å². The summed E-state index contributed by atoms with van der Waals surface area (Å²) in [6.45, 7) is 5.08. The van der Waals surface area contributed by atoms with Gasteiger partial charge in [-0.2, -0.15) is 0 Å². The number of anilines is 1. The van der Waals surface area contributed by atoms with Gasteiger partial charge >= 0.3 is 0 Å². The number of aromatic nitrogens is 3. The Morgan fingerprint density at radius 2 is 2.25 bits per heavy atom. The lowest BCUT2D eigenvalue weighted by molar-refractivity contribution is 0.186. The molecule has 1 N–H and O–H groups in total. The van der Waals surface area contributed by atoms with E-state index in [4.69, 9.17) is 4.74 Å². The second-order valence-corrected chi connectivity index (χ2v) is 5.60. The normalized spacial score (nSPS) is 11.0. The number of pyridine rings is 1. The Kier molecular flexibility index (Phi) is 4.86. The third kappa shape index (κ3) is 3.43. The van der Waals surface area contributed by atoms with Crippen LogP contribution in [-0.4, -0.2) is 34.5 Å². The molecule has 2 aromatic rings. The van der Waals surface area contributed by atoms with Gasteiger partial charge in [-0.05, 0) is 26.0 Å². The molecule has 7 heteroatoms. The highest BCUT2D eigenvalue weighted by molar-refractivity contribution is 7.18. The minimum Gasteiger partial charge on any atom is -0.383 e. The third-order valence-corrected chi connectivity index (χ3v) is 3.51. The highest BCUT2D eigenvalue weighted by atomic mass is 32.1. The summed E-state index contributed by atoms with van der Waals surface area (Å²) in [5.41, 5.74) is 0.495. The summed E-state index contributed by atoms with van der Waals surface area (Å²) in [4.78, 5) is 12.3. The van der Waals surface area contributed by atoms with Crippen LogP contribution >= 0.6 is 11.3 Å². The van der Waals surface area contributed by atoms with E-state index in [0.717, 1.165) is 5.13 Å². The zero-order valence-electron chi connectivity index (χ0n) is 11.8. The van der Waals surface area contributed by atoms with Crippen LogP contribution < -0.4 is 10.9 Å². The molecule has 6 nitrogen and oxygen atoms in total. The van der Waals surface area contributed by atoms with Crippen LogP contribution in [-0.2, 0) is 11.3 Å². The van der Waals surface area contributed by atoms with Crippen LogP contribution in [0.4, 0.5) is 5.13 Å². The van der Waals surface area contributed by atoms with E-state index in [0.29, 0.717) is 23.7 Å². The third-order valence-electron chi connectivity index (χ3n) is 2.62. The van der Waals surface area contributed by atoms with Gasteiger partial charge in [-0.25, -0.2) is 0 Å². The molecule has 0 aliphatic rings. The van der Waals surface area contributed by atoms with Crippen molar-refractivity contribution in [3.63, 3.8) is 0 Å². The Bertz CT molecular complexity index is 621. The highest BCUT2D eigenvalue weighted by Crippen LogP contribution is 2.24. The molecule has 0 saturated carbocycles. The molecule has 0 radical (unpaired) electrons. The van der Waals surface area contributed by atoms with E-state index < -0.39 is 0 Å². The zero-order chi connectivity index (χ0) is 14.5. The van der Waals surface area contributed by atoms with Crippen molar-refractivity contribution >= 4 is 16.5 Å². The monoisotopic (exact) mass is 294 g/mol. The Morgan fingerprint density at radius 3 is 2.95 bits per heavy atom. The molecule has 0 aromatic carbocycles. The zero-order valence-corrected chi connectivity index (χ0v) is 12.6. The van der Waals surface area contributed by atoms with Crippen molar-refractivity contribution in [2.45, 2.75) is 26.4 Å². The maximum Gasteiger partial charge on any atom is 0.261 e. The molecule has 0 unspecified atom stereocenters. The van der Waals surface area contributed by atoms with Crippen molar-refractivity contribution in [3.05, 3.63) is 28.7 Å². The summed E-state index contributed by atoms with van der Waals surface area (Å²) in [6, 6.07) is 3.89. The lowest BCUT2D eigenvalue weighted by atomic mass is 10.3. The van der Waals surface area contributed by atoms with E-state index in [9.17, 15) is 4.79 Å². The number of methoxy groups -OCH3 is 1. The largest absolute Gasteiger partial charge is 0.383 e. The van der Waals surface area contributed by atoms with Crippen LogP contribution in [0.5, 0.6) is 0 Å². The lowest BCUT2D eigenvalue weighted by Gasteiger charge is -2.05. The molecule has 0 spiro atoms. The van der Waals surface area contributed by atoms with E-state index in [1.807, 2.05) is 19.9 Å². The maximum atomic E-state index is 12.3. The summed E-state index contributed by atoms with van der Waals surface area (Å²) in [7, 11) is 1.61. The van der Waals surface area contributed by atoms with Gasteiger partial charge in [-0.15, -0.1) is 10.2 Å². The summed E-state index contributed by atoms with van der Waals surface area (Å²) in [5, 5.41) is 12.7. The smallest absolute Gasteiger partial charge is 0.261 e. The van der Waals surface area contributed by atoms with Crippen molar-refractivity contribution in [1.82, 2.24) is 14.8 Å². The number of hydrogen-bond acceptors (Lipinski definition) is 6. The van der Waals surface area contributed by atoms with E-state index >= 15 is 0 Å². The standard InChI is InChI=1S/C13H18N4O2S/c1-9(2)14-13-16-15-11(20-13)10-5-4-6-17(12(10)18)7-8-19-3/h4-6,9H,7-8H2,1-3H3,(H,14,16). The van der Waals surface area contributed by atoms with Gasteiger partial charge in [0.05, 0.1) is 12.2 Å². The molecular weight excluding hydrogens is 276 g/mol. The Balaban J connectivity index is 2.28. The minimum absolute atomic E-state index is 0.0724. The number of hydrogen-bond donors (Lipinski definition) is 1. The topological polar surface area (TPSA) is 69.0 Å². The second kappa shape index (κ2) is 6.62. The molecule has 2 rings (SSSR count). The highest BCUT2D eigenvalue weighted by Gasteiger charge is 2.12. The van der Waals surface area contributed by atoms with Crippen molar-refractivity contribution in [1.29, 1.82) is 0 Å². The van der Waals surface area contributed by atoms with Gasteiger partial charge in [0.15, 0.2) is 5.01 Å². The molecule has 0 saturated heterocycles. The van der Waals surface area contributed by atoms with Gasteiger partial charge in [0, 0.05) is 25.9 Å². The molecule has 0 atom stereocenters. The molecule has 0 amide bonds. The van der Waals surface area contributed by atoms with E-state index in [-0.39, 0.29) is 11.6 Å². The van der Waals surface area contributed by atoms with Crippen LogP contribution in [0.1, 0.15) is 13.8 Å². The summed E-state index contributed by atoms with van der Waals surface area (Å²) in [5.74, 6) is 0. The van der Waals surface area contributed by atoms with Crippen molar-refractivity contribution in [3.8, 4) is 10.6 Å². The Morgan fingerprint density at radius 1 is 1.45 bits per heavy atom. The fraction of sp³-hybridized carbons (Fsp3) is 0.462. The predicted octanol–water partition coefficient (Wildman–Crippen LogP) is 1.83. The first-order valence-corrected chi connectivity index (χ1v) is 7.22. The SMILES string of the molecule is COCCn1cccc(-c2nnc(NC(C)C)s2)c1=O. The van der Waals surface area contributed by atoms with Crippen LogP contribution in [0, 0.1) is 0 Å². The first-order valence-electron chi connectivity index (χ1n) is 6.40. The number of nitrogens with zero attached hydrogens (tertiary/aromatic N) is 3. The van der Waals surface area contributed by atoms with Gasteiger partial charge in [0.25, 0.3) is 5.56 Å². The number of ether oxygens (including phenoxy) is 1. The minimum atomic E-state index is -0.0724. The molecular formula is C13H18N4O2S. The fourth-order valence-corrected chi connectivity index (χ4v) is 2.61. The first-order chi connectivity index (χ1) is 9.61. The molecule has 108 valence electrons. The average molecular weight is 294 g/mol. The molecule has 20 heavy (non-hydrogen) atoms. The molecule has 0 bridgehead atoms. The Labute approximate surface area is 121 Å².